The van der Waals surface area contributed by atoms with E-state index in [0.29, 0.717) is 13.0 Å². The zero-order valence-electron chi connectivity index (χ0n) is 16.6. The highest BCUT2D eigenvalue weighted by Gasteiger charge is 2.62. The molecule has 2 aliphatic rings. The van der Waals surface area contributed by atoms with Crippen molar-refractivity contribution < 1.29 is 9.53 Å². The average molecular weight is 413 g/mol. The second kappa shape index (κ2) is 9.17. The number of carbonyl (C=O) groups excluding carboxylic acids is 1. The average Bonchev–Trinajstić information content (AvgIpc) is 3.13. The van der Waals surface area contributed by atoms with Crippen LogP contribution in [0.3, 0.4) is 0 Å². The fourth-order valence-electron chi connectivity index (χ4n) is 4.07. The number of anilines is 1. The molecule has 0 spiro atoms. The number of rotatable bonds is 7. The third kappa shape index (κ3) is 4.64. The van der Waals surface area contributed by atoms with Crippen LogP contribution in [-0.4, -0.2) is 29.4 Å². The van der Waals surface area contributed by atoms with Crippen LogP contribution in [0.25, 0.3) is 0 Å². The standard InChI is InChI=1S/C21H32N2O2S.ClH/c1-4-25-18-13-21(22,20(18,2)3)19(24)23-16-9-7-8-15(12-16)14-26-17-10-5-6-11-17;/h7-9,12,17-18H,4-6,10-11,13-14,22H2,1-3H3,(H,23,24);1H. The Labute approximate surface area is 173 Å². The van der Waals surface area contributed by atoms with Crippen LogP contribution in [0.5, 0.6) is 0 Å². The minimum atomic E-state index is -0.887. The van der Waals surface area contributed by atoms with Crippen molar-refractivity contribution >= 4 is 35.8 Å². The predicted octanol–water partition coefficient (Wildman–Crippen LogP) is 4.76. The Morgan fingerprint density at radius 1 is 1.33 bits per heavy atom. The first-order chi connectivity index (χ1) is 12.4. The Balaban J connectivity index is 0.00000261. The zero-order valence-corrected chi connectivity index (χ0v) is 18.3. The van der Waals surface area contributed by atoms with Gasteiger partial charge >= 0.3 is 0 Å². The number of nitrogens with one attached hydrogen (secondary N) is 1. The number of amides is 1. The van der Waals surface area contributed by atoms with Gasteiger partial charge in [-0.25, -0.2) is 0 Å². The van der Waals surface area contributed by atoms with Gasteiger partial charge in [-0.2, -0.15) is 11.8 Å². The zero-order chi connectivity index (χ0) is 18.8. The highest BCUT2D eigenvalue weighted by atomic mass is 35.5. The van der Waals surface area contributed by atoms with Gasteiger partial charge in [-0.15, -0.1) is 12.4 Å². The summed E-state index contributed by atoms with van der Waals surface area (Å²) in [5, 5.41) is 3.84. The van der Waals surface area contributed by atoms with E-state index in [0.717, 1.165) is 16.7 Å². The Hall–Kier alpha value is -0.750. The highest BCUT2D eigenvalue weighted by molar-refractivity contribution is 7.99. The van der Waals surface area contributed by atoms with Gasteiger partial charge in [0, 0.05) is 35.1 Å². The summed E-state index contributed by atoms with van der Waals surface area (Å²) in [5.41, 5.74) is 7.31. The van der Waals surface area contributed by atoms with Crippen LogP contribution >= 0.6 is 24.2 Å². The molecular formula is C21H33ClN2O2S. The molecule has 0 radical (unpaired) electrons. The van der Waals surface area contributed by atoms with E-state index in [1.807, 2.05) is 44.7 Å². The molecule has 2 aliphatic carbocycles. The van der Waals surface area contributed by atoms with Crippen LogP contribution in [0.1, 0.15) is 58.4 Å². The largest absolute Gasteiger partial charge is 0.378 e. The molecule has 3 N–H and O–H groups in total. The molecular weight excluding hydrogens is 380 g/mol. The van der Waals surface area contributed by atoms with Crippen molar-refractivity contribution in [3.63, 3.8) is 0 Å². The molecule has 3 rings (SSSR count). The molecule has 1 aromatic carbocycles. The van der Waals surface area contributed by atoms with Gasteiger partial charge < -0.3 is 15.8 Å². The van der Waals surface area contributed by atoms with E-state index in [-0.39, 0.29) is 29.8 Å². The summed E-state index contributed by atoms with van der Waals surface area (Å²) in [7, 11) is 0. The van der Waals surface area contributed by atoms with Crippen LogP contribution in [0.15, 0.2) is 24.3 Å². The Kier molecular flexibility index (Phi) is 7.65. The van der Waals surface area contributed by atoms with Gasteiger partial charge in [0.2, 0.25) is 5.91 Å². The molecule has 1 aromatic rings. The van der Waals surface area contributed by atoms with Crippen molar-refractivity contribution in [1.29, 1.82) is 0 Å². The van der Waals surface area contributed by atoms with Crippen LogP contribution in [0.4, 0.5) is 5.69 Å². The summed E-state index contributed by atoms with van der Waals surface area (Å²) in [4.78, 5) is 12.9. The first-order valence-electron chi connectivity index (χ1n) is 9.79. The summed E-state index contributed by atoms with van der Waals surface area (Å²) in [6.07, 6.45) is 6.02. The number of benzene rings is 1. The van der Waals surface area contributed by atoms with Gasteiger partial charge in [0.1, 0.15) is 5.54 Å². The minimum absolute atomic E-state index is 0. The monoisotopic (exact) mass is 412 g/mol. The highest BCUT2D eigenvalue weighted by Crippen LogP contribution is 2.50. The molecule has 152 valence electrons. The lowest BCUT2D eigenvalue weighted by molar-refractivity contribution is -0.166. The van der Waals surface area contributed by atoms with Gasteiger partial charge in [0.15, 0.2) is 0 Å². The number of halogens is 1. The van der Waals surface area contributed by atoms with Crippen molar-refractivity contribution in [2.45, 2.75) is 75.5 Å². The second-order valence-electron chi connectivity index (χ2n) is 8.21. The first-order valence-corrected chi connectivity index (χ1v) is 10.8. The van der Waals surface area contributed by atoms with Crippen molar-refractivity contribution in [1.82, 2.24) is 0 Å². The maximum absolute atomic E-state index is 12.9. The third-order valence-electron chi connectivity index (χ3n) is 6.21. The van der Waals surface area contributed by atoms with Crippen molar-refractivity contribution in [3.8, 4) is 0 Å². The lowest BCUT2D eigenvalue weighted by Crippen LogP contribution is -2.74. The summed E-state index contributed by atoms with van der Waals surface area (Å²) < 4.78 is 5.73. The minimum Gasteiger partial charge on any atom is -0.378 e. The molecule has 0 saturated heterocycles. The van der Waals surface area contributed by atoms with Crippen molar-refractivity contribution in [2.24, 2.45) is 11.1 Å². The fourth-order valence-corrected chi connectivity index (χ4v) is 5.35. The van der Waals surface area contributed by atoms with E-state index in [2.05, 4.69) is 17.4 Å². The Bertz CT molecular complexity index is 649. The van der Waals surface area contributed by atoms with Crippen molar-refractivity contribution in [3.05, 3.63) is 29.8 Å². The van der Waals surface area contributed by atoms with Crippen LogP contribution in [0.2, 0.25) is 0 Å². The number of ether oxygens (including phenoxy) is 1. The van der Waals surface area contributed by atoms with Gasteiger partial charge in [-0.1, -0.05) is 38.8 Å². The van der Waals surface area contributed by atoms with Crippen LogP contribution in [-0.2, 0) is 15.3 Å². The molecule has 2 fully saturated rings. The molecule has 0 heterocycles. The Morgan fingerprint density at radius 3 is 2.67 bits per heavy atom. The normalized spacial score (nSPS) is 26.9. The van der Waals surface area contributed by atoms with E-state index in [1.165, 1.54) is 31.2 Å². The molecule has 0 aromatic heterocycles. The van der Waals surface area contributed by atoms with E-state index in [1.54, 1.807) is 0 Å². The van der Waals surface area contributed by atoms with E-state index < -0.39 is 5.54 Å². The van der Waals surface area contributed by atoms with E-state index >= 15 is 0 Å². The number of thioether (sulfide) groups is 1. The third-order valence-corrected chi connectivity index (χ3v) is 7.65. The fraction of sp³-hybridized carbons (Fsp3) is 0.667. The maximum atomic E-state index is 12.9. The predicted molar refractivity (Wildman–Crippen MR) is 117 cm³/mol. The van der Waals surface area contributed by atoms with Gasteiger partial charge in [-0.05, 0) is 37.5 Å². The van der Waals surface area contributed by atoms with Gasteiger partial charge in [-0.3, -0.25) is 4.79 Å². The van der Waals surface area contributed by atoms with Gasteiger partial charge in [0.25, 0.3) is 0 Å². The maximum Gasteiger partial charge on any atom is 0.245 e. The van der Waals surface area contributed by atoms with Crippen LogP contribution < -0.4 is 11.1 Å². The molecule has 2 saturated carbocycles. The lowest BCUT2D eigenvalue weighted by atomic mass is 9.54. The van der Waals surface area contributed by atoms with Gasteiger partial charge in [0.05, 0.1) is 6.10 Å². The second-order valence-corrected chi connectivity index (χ2v) is 9.50. The molecule has 4 nitrogen and oxygen atoms in total. The molecule has 0 bridgehead atoms. The first kappa shape index (κ1) is 22.5. The van der Waals surface area contributed by atoms with Crippen molar-refractivity contribution in [2.75, 3.05) is 11.9 Å². The smallest absolute Gasteiger partial charge is 0.245 e. The summed E-state index contributed by atoms with van der Waals surface area (Å²) in [6, 6.07) is 8.16. The molecule has 27 heavy (non-hydrogen) atoms. The number of carbonyl (C=O) groups is 1. The molecule has 0 aliphatic heterocycles. The summed E-state index contributed by atoms with van der Waals surface area (Å²) >= 11 is 2.04. The molecule has 2 unspecified atom stereocenters. The molecule has 1 amide bonds. The quantitative estimate of drug-likeness (QED) is 0.677. The van der Waals surface area contributed by atoms with E-state index in [4.69, 9.17) is 10.5 Å². The Morgan fingerprint density at radius 2 is 2.04 bits per heavy atom. The number of hydrogen-bond donors (Lipinski definition) is 2. The number of nitrogens with two attached hydrogens (primary N) is 1. The summed E-state index contributed by atoms with van der Waals surface area (Å²) in [6.45, 7) is 6.66. The molecule has 2 atom stereocenters. The van der Waals surface area contributed by atoms with E-state index in [9.17, 15) is 4.79 Å². The number of hydrogen-bond acceptors (Lipinski definition) is 4. The molecule has 6 heteroatoms. The summed E-state index contributed by atoms with van der Waals surface area (Å²) in [5.74, 6) is 0.888. The topological polar surface area (TPSA) is 64.3 Å². The SMILES string of the molecule is CCOC1CC(N)(C(=O)Nc2cccc(CSC3CCCC3)c2)C1(C)C.Cl. The van der Waals surface area contributed by atoms with Crippen LogP contribution in [0, 0.1) is 5.41 Å². The lowest BCUT2D eigenvalue weighted by Gasteiger charge is -2.57.